The van der Waals surface area contributed by atoms with E-state index in [1.807, 2.05) is 12.1 Å². The zero-order valence-corrected chi connectivity index (χ0v) is 10.7. The van der Waals surface area contributed by atoms with Gasteiger partial charge in [0.2, 0.25) is 0 Å². The molecule has 1 N–H and O–H groups in total. The van der Waals surface area contributed by atoms with Gasteiger partial charge in [-0.3, -0.25) is 4.79 Å². The maximum absolute atomic E-state index is 10.9. The molecule has 1 aromatic carbocycles. The second-order valence-corrected chi connectivity index (χ2v) is 4.59. The van der Waals surface area contributed by atoms with E-state index in [9.17, 15) is 4.79 Å². The molecule has 0 spiro atoms. The number of rotatable bonds is 4. The number of hydrogen-bond acceptors (Lipinski definition) is 3. The van der Waals surface area contributed by atoms with Gasteiger partial charge >= 0.3 is 5.97 Å². The molecule has 1 unspecified atom stereocenters. The Balaban J connectivity index is 2.40. The molecule has 0 heterocycles. The molecule has 1 aliphatic rings. The van der Waals surface area contributed by atoms with Gasteiger partial charge in [0.05, 0.1) is 20.6 Å². The van der Waals surface area contributed by atoms with Crippen LogP contribution in [0.5, 0.6) is 11.5 Å². The van der Waals surface area contributed by atoms with Crippen LogP contribution in [0.4, 0.5) is 0 Å². The van der Waals surface area contributed by atoms with Crippen molar-refractivity contribution in [2.45, 2.75) is 31.6 Å². The Kier molecular flexibility index (Phi) is 3.75. The standard InChI is InChI=1S/C14H18O4/c1-17-12-6-9-4-3-5-10(7-14(15)16)11(9)8-13(12)18-2/h6,8,10H,3-5,7H2,1-2H3,(H,15,16). The Hall–Kier alpha value is -1.71. The molecule has 4 heteroatoms. The number of carbonyl (C=O) groups is 1. The first-order valence-electron chi connectivity index (χ1n) is 6.12. The number of fused-ring (bicyclic) bond motifs is 1. The number of aryl methyl sites for hydroxylation is 1. The van der Waals surface area contributed by atoms with Crippen molar-refractivity contribution in [1.29, 1.82) is 0 Å². The molecule has 0 aromatic heterocycles. The summed E-state index contributed by atoms with van der Waals surface area (Å²) in [6.07, 6.45) is 3.11. The van der Waals surface area contributed by atoms with Crippen LogP contribution in [0.15, 0.2) is 12.1 Å². The Morgan fingerprint density at radius 2 is 2.00 bits per heavy atom. The molecular formula is C14H18O4. The molecule has 0 amide bonds. The number of aliphatic carboxylic acids is 1. The predicted molar refractivity (Wildman–Crippen MR) is 67.5 cm³/mol. The summed E-state index contributed by atoms with van der Waals surface area (Å²) in [5.74, 6) is 0.731. The topological polar surface area (TPSA) is 55.8 Å². The molecule has 0 saturated heterocycles. The molecule has 0 bridgehead atoms. The monoisotopic (exact) mass is 250 g/mol. The molecule has 0 radical (unpaired) electrons. The van der Waals surface area contributed by atoms with Gasteiger partial charge in [-0.25, -0.2) is 0 Å². The van der Waals surface area contributed by atoms with Gasteiger partial charge in [0.1, 0.15) is 0 Å². The molecule has 1 atom stereocenters. The second kappa shape index (κ2) is 5.29. The maximum Gasteiger partial charge on any atom is 0.303 e. The average Bonchev–Trinajstić information content (AvgIpc) is 2.37. The third-order valence-electron chi connectivity index (χ3n) is 3.50. The number of benzene rings is 1. The third kappa shape index (κ3) is 2.42. The largest absolute Gasteiger partial charge is 0.493 e. The number of ether oxygens (including phenoxy) is 2. The molecular weight excluding hydrogens is 232 g/mol. The summed E-state index contributed by atoms with van der Waals surface area (Å²) in [7, 11) is 3.21. The summed E-state index contributed by atoms with van der Waals surface area (Å²) in [6, 6.07) is 3.91. The number of hydrogen-bond donors (Lipinski definition) is 1. The lowest BCUT2D eigenvalue weighted by Gasteiger charge is -2.25. The van der Waals surface area contributed by atoms with E-state index in [2.05, 4.69) is 0 Å². The van der Waals surface area contributed by atoms with Gasteiger partial charge in [0.25, 0.3) is 0 Å². The molecule has 0 fully saturated rings. The van der Waals surface area contributed by atoms with Crippen LogP contribution >= 0.6 is 0 Å². The average molecular weight is 250 g/mol. The van der Waals surface area contributed by atoms with E-state index in [4.69, 9.17) is 14.6 Å². The van der Waals surface area contributed by atoms with Gasteiger partial charge in [0.15, 0.2) is 11.5 Å². The summed E-state index contributed by atoms with van der Waals surface area (Å²) >= 11 is 0. The normalized spacial score (nSPS) is 18.0. The van der Waals surface area contributed by atoms with Crippen LogP contribution in [0.2, 0.25) is 0 Å². The summed E-state index contributed by atoms with van der Waals surface area (Å²) < 4.78 is 10.6. The van der Waals surface area contributed by atoms with E-state index in [1.54, 1.807) is 14.2 Å². The summed E-state index contributed by atoms with van der Waals surface area (Å²) in [5.41, 5.74) is 2.28. The fourth-order valence-electron chi connectivity index (χ4n) is 2.65. The van der Waals surface area contributed by atoms with Gasteiger partial charge in [-0.15, -0.1) is 0 Å². The zero-order chi connectivity index (χ0) is 13.1. The van der Waals surface area contributed by atoms with E-state index < -0.39 is 5.97 Å². The Morgan fingerprint density at radius 3 is 2.61 bits per heavy atom. The van der Waals surface area contributed by atoms with Crippen molar-refractivity contribution in [3.8, 4) is 11.5 Å². The number of methoxy groups -OCH3 is 2. The Bertz CT molecular complexity index is 453. The van der Waals surface area contributed by atoms with Crippen molar-refractivity contribution in [2.24, 2.45) is 0 Å². The Labute approximate surface area is 107 Å². The summed E-state index contributed by atoms with van der Waals surface area (Å²) in [4.78, 5) is 10.9. The first-order chi connectivity index (χ1) is 8.65. The maximum atomic E-state index is 10.9. The highest BCUT2D eigenvalue weighted by molar-refractivity contribution is 5.68. The van der Waals surface area contributed by atoms with Crippen LogP contribution in [-0.2, 0) is 11.2 Å². The molecule has 0 saturated carbocycles. The highest BCUT2D eigenvalue weighted by Gasteiger charge is 2.24. The van der Waals surface area contributed by atoms with Crippen molar-refractivity contribution in [3.63, 3.8) is 0 Å². The summed E-state index contributed by atoms with van der Waals surface area (Å²) in [5, 5.41) is 8.96. The minimum absolute atomic E-state index is 0.0889. The van der Waals surface area contributed by atoms with Crippen LogP contribution in [0.25, 0.3) is 0 Å². The fraction of sp³-hybridized carbons (Fsp3) is 0.500. The van der Waals surface area contributed by atoms with E-state index in [0.29, 0.717) is 11.5 Å². The van der Waals surface area contributed by atoms with Crippen molar-refractivity contribution in [1.82, 2.24) is 0 Å². The zero-order valence-electron chi connectivity index (χ0n) is 10.7. The van der Waals surface area contributed by atoms with Gasteiger partial charge in [-0.05, 0) is 48.4 Å². The van der Waals surface area contributed by atoms with Crippen molar-refractivity contribution in [2.75, 3.05) is 14.2 Å². The molecule has 18 heavy (non-hydrogen) atoms. The first-order valence-corrected chi connectivity index (χ1v) is 6.12. The number of carboxylic acids is 1. The lowest BCUT2D eigenvalue weighted by Crippen LogP contribution is -2.14. The van der Waals surface area contributed by atoms with E-state index in [-0.39, 0.29) is 12.3 Å². The van der Waals surface area contributed by atoms with Gasteiger partial charge in [-0.1, -0.05) is 0 Å². The Morgan fingerprint density at radius 1 is 1.33 bits per heavy atom. The third-order valence-corrected chi connectivity index (χ3v) is 3.50. The van der Waals surface area contributed by atoms with Gasteiger partial charge < -0.3 is 14.6 Å². The van der Waals surface area contributed by atoms with E-state index in [0.717, 1.165) is 24.8 Å². The second-order valence-electron chi connectivity index (χ2n) is 4.59. The van der Waals surface area contributed by atoms with Crippen LogP contribution in [0.3, 0.4) is 0 Å². The first kappa shape index (κ1) is 12.7. The lowest BCUT2D eigenvalue weighted by molar-refractivity contribution is -0.137. The quantitative estimate of drug-likeness (QED) is 0.892. The smallest absolute Gasteiger partial charge is 0.303 e. The van der Waals surface area contributed by atoms with Gasteiger partial charge in [-0.2, -0.15) is 0 Å². The van der Waals surface area contributed by atoms with Gasteiger partial charge in [0, 0.05) is 0 Å². The minimum atomic E-state index is -0.748. The van der Waals surface area contributed by atoms with E-state index >= 15 is 0 Å². The van der Waals surface area contributed by atoms with Crippen LogP contribution in [0, 0.1) is 0 Å². The fourth-order valence-corrected chi connectivity index (χ4v) is 2.65. The SMILES string of the molecule is COc1cc2c(cc1OC)C(CC(=O)O)CCC2. The molecule has 0 aliphatic heterocycles. The molecule has 4 nitrogen and oxygen atoms in total. The van der Waals surface area contributed by atoms with Crippen LogP contribution < -0.4 is 9.47 Å². The highest BCUT2D eigenvalue weighted by atomic mass is 16.5. The van der Waals surface area contributed by atoms with Crippen molar-refractivity contribution < 1.29 is 19.4 Å². The summed E-state index contributed by atoms with van der Waals surface area (Å²) in [6.45, 7) is 0. The predicted octanol–water partition coefficient (Wildman–Crippen LogP) is 2.60. The van der Waals surface area contributed by atoms with Crippen molar-refractivity contribution >= 4 is 5.97 Å². The lowest BCUT2D eigenvalue weighted by atomic mass is 9.81. The van der Waals surface area contributed by atoms with E-state index in [1.165, 1.54) is 5.56 Å². The molecule has 1 aromatic rings. The molecule has 1 aliphatic carbocycles. The minimum Gasteiger partial charge on any atom is -0.493 e. The molecule has 98 valence electrons. The van der Waals surface area contributed by atoms with Crippen LogP contribution in [0.1, 0.15) is 36.3 Å². The molecule has 2 rings (SSSR count). The highest BCUT2D eigenvalue weighted by Crippen LogP contribution is 2.40. The van der Waals surface area contributed by atoms with Crippen LogP contribution in [-0.4, -0.2) is 25.3 Å². The number of carboxylic acid groups (broad SMARTS) is 1. The van der Waals surface area contributed by atoms with Crippen molar-refractivity contribution in [3.05, 3.63) is 23.3 Å².